The molecular formula is C15H24N2O2. The highest BCUT2D eigenvalue weighted by Gasteiger charge is 2.10. The van der Waals surface area contributed by atoms with Crippen molar-refractivity contribution in [1.29, 1.82) is 0 Å². The van der Waals surface area contributed by atoms with Gasteiger partial charge in [-0.15, -0.1) is 0 Å². The number of methoxy groups -OCH3 is 1. The molecule has 1 aromatic rings. The summed E-state index contributed by atoms with van der Waals surface area (Å²) in [6.45, 7) is 5.03. The van der Waals surface area contributed by atoms with Gasteiger partial charge in [0, 0.05) is 18.0 Å². The molecule has 0 aromatic heterocycles. The van der Waals surface area contributed by atoms with Gasteiger partial charge in [0.15, 0.2) is 0 Å². The zero-order valence-corrected chi connectivity index (χ0v) is 12.0. The van der Waals surface area contributed by atoms with Crippen molar-refractivity contribution in [3.05, 3.63) is 29.3 Å². The molecule has 4 heteroatoms. The first-order valence-electron chi connectivity index (χ1n) is 6.71. The predicted octanol–water partition coefficient (Wildman–Crippen LogP) is 2.31. The van der Waals surface area contributed by atoms with Crippen LogP contribution in [-0.4, -0.2) is 19.6 Å². The van der Waals surface area contributed by atoms with Crippen molar-refractivity contribution in [1.82, 2.24) is 5.32 Å². The molecule has 0 radical (unpaired) electrons. The van der Waals surface area contributed by atoms with E-state index < -0.39 is 0 Å². The van der Waals surface area contributed by atoms with Gasteiger partial charge in [-0.1, -0.05) is 12.1 Å². The molecule has 0 heterocycles. The van der Waals surface area contributed by atoms with E-state index in [9.17, 15) is 4.79 Å². The molecule has 19 heavy (non-hydrogen) atoms. The van der Waals surface area contributed by atoms with Crippen LogP contribution in [0.5, 0.6) is 5.75 Å². The van der Waals surface area contributed by atoms with Gasteiger partial charge >= 0.3 is 0 Å². The quantitative estimate of drug-likeness (QED) is 0.708. The second-order valence-electron chi connectivity index (χ2n) is 4.84. The average Bonchev–Trinajstić information content (AvgIpc) is 2.37. The van der Waals surface area contributed by atoms with Crippen LogP contribution in [0.15, 0.2) is 18.2 Å². The topological polar surface area (TPSA) is 64.3 Å². The number of unbranched alkanes of at least 4 members (excludes halogenated alkanes) is 1. The van der Waals surface area contributed by atoms with Gasteiger partial charge in [0.2, 0.25) is 5.91 Å². The van der Waals surface area contributed by atoms with Crippen LogP contribution in [0.1, 0.15) is 43.4 Å². The van der Waals surface area contributed by atoms with Gasteiger partial charge in [-0.2, -0.15) is 0 Å². The van der Waals surface area contributed by atoms with Gasteiger partial charge in [-0.05, 0) is 44.9 Å². The van der Waals surface area contributed by atoms with E-state index in [1.165, 1.54) is 5.56 Å². The molecule has 1 rings (SSSR count). The van der Waals surface area contributed by atoms with Crippen LogP contribution >= 0.6 is 0 Å². The Morgan fingerprint density at radius 3 is 2.79 bits per heavy atom. The minimum Gasteiger partial charge on any atom is -0.496 e. The normalized spacial score (nSPS) is 12.2. The van der Waals surface area contributed by atoms with E-state index in [0.717, 1.165) is 30.7 Å². The van der Waals surface area contributed by atoms with Crippen molar-refractivity contribution in [3.63, 3.8) is 0 Å². The molecule has 1 aromatic carbocycles. The van der Waals surface area contributed by atoms with Gasteiger partial charge in [-0.3, -0.25) is 4.79 Å². The Bertz CT molecular complexity index is 419. The fourth-order valence-electron chi connectivity index (χ4n) is 2.03. The van der Waals surface area contributed by atoms with Gasteiger partial charge in [0.25, 0.3) is 0 Å². The summed E-state index contributed by atoms with van der Waals surface area (Å²) >= 11 is 0. The number of ether oxygens (including phenoxy) is 1. The lowest BCUT2D eigenvalue weighted by Crippen LogP contribution is -2.21. The molecule has 0 aliphatic rings. The zero-order valence-electron chi connectivity index (χ0n) is 12.0. The molecule has 3 N–H and O–H groups in total. The Labute approximate surface area is 115 Å². The van der Waals surface area contributed by atoms with Crippen LogP contribution in [0.2, 0.25) is 0 Å². The van der Waals surface area contributed by atoms with Gasteiger partial charge in [0.05, 0.1) is 7.11 Å². The van der Waals surface area contributed by atoms with Crippen LogP contribution < -0.4 is 15.8 Å². The van der Waals surface area contributed by atoms with E-state index in [0.29, 0.717) is 6.42 Å². The minimum atomic E-state index is -0.228. The lowest BCUT2D eigenvalue weighted by molar-refractivity contribution is -0.118. The Kier molecular flexibility index (Phi) is 6.36. The lowest BCUT2D eigenvalue weighted by Gasteiger charge is -2.17. The summed E-state index contributed by atoms with van der Waals surface area (Å²) in [4.78, 5) is 10.6. The molecule has 0 aliphatic heterocycles. The number of nitrogens with two attached hydrogens (primary N) is 1. The first-order chi connectivity index (χ1) is 9.04. The second kappa shape index (κ2) is 7.79. The van der Waals surface area contributed by atoms with Gasteiger partial charge < -0.3 is 15.8 Å². The number of amides is 1. The predicted molar refractivity (Wildman–Crippen MR) is 77.2 cm³/mol. The molecule has 0 saturated carbocycles. The first kappa shape index (κ1) is 15.5. The number of benzene rings is 1. The number of aryl methyl sites for hydroxylation is 1. The number of rotatable bonds is 8. The highest BCUT2D eigenvalue weighted by Crippen LogP contribution is 2.25. The molecule has 0 fully saturated rings. The van der Waals surface area contributed by atoms with Crippen LogP contribution in [0.25, 0.3) is 0 Å². The van der Waals surface area contributed by atoms with Crippen molar-refractivity contribution in [2.75, 3.05) is 13.7 Å². The Morgan fingerprint density at radius 2 is 2.16 bits per heavy atom. The minimum absolute atomic E-state index is 0.226. The summed E-state index contributed by atoms with van der Waals surface area (Å²) in [5.41, 5.74) is 7.45. The molecule has 1 amide bonds. The number of nitrogens with one attached hydrogen (secondary N) is 1. The van der Waals surface area contributed by atoms with E-state index in [1.54, 1.807) is 7.11 Å². The summed E-state index contributed by atoms with van der Waals surface area (Å²) in [6, 6.07) is 6.45. The molecule has 1 atom stereocenters. The third-order valence-electron chi connectivity index (χ3n) is 3.16. The summed E-state index contributed by atoms with van der Waals surface area (Å²) < 4.78 is 5.41. The van der Waals surface area contributed by atoms with Crippen LogP contribution in [0.3, 0.4) is 0 Å². The standard InChI is InChI=1S/C15H24N2O2/c1-11-7-8-13(14(10-11)19-3)12(2)17-9-5-4-6-15(16)18/h7-8,10,12,17H,4-6,9H2,1-3H3,(H2,16,18). The van der Waals surface area contributed by atoms with Gasteiger partial charge in [0.1, 0.15) is 5.75 Å². The zero-order chi connectivity index (χ0) is 14.3. The summed E-state index contributed by atoms with van der Waals surface area (Å²) in [5.74, 6) is 0.686. The maximum Gasteiger partial charge on any atom is 0.217 e. The average molecular weight is 264 g/mol. The third-order valence-corrected chi connectivity index (χ3v) is 3.16. The van der Waals surface area contributed by atoms with E-state index >= 15 is 0 Å². The number of carbonyl (C=O) groups is 1. The fourth-order valence-corrected chi connectivity index (χ4v) is 2.03. The number of primary amides is 1. The molecule has 1 unspecified atom stereocenters. The Morgan fingerprint density at radius 1 is 1.42 bits per heavy atom. The Balaban J connectivity index is 2.45. The number of hydrogen-bond donors (Lipinski definition) is 2. The van der Waals surface area contributed by atoms with Gasteiger partial charge in [-0.25, -0.2) is 0 Å². The summed E-state index contributed by atoms with van der Waals surface area (Å²) in [7, 11) is 1.69. The smallest absolute Gasteiger partial charge is 0.217 e. The first-order valence-corrected chi connectivity index (χ1v) is 6.71. The van der Waals surface area contributed by atoms with Crippen molar-refractivity contribution < 1.29 is 9.53 Å². The molecule has 0 bridgehead atoms. The van der Waals surface area contributed by atoms with Crippen molar-refractivity contribution in [2.24, 2.45) is 5.73 Å². The fraction of sp³-hybridized carbons (Fsp3) is 0.533. The van der Waals surface area contributed by atoms with E-state index in [-0.39, 0.29) is 11.9 Å². The highest BCUT2D eigenvalue weighted by atomic mass is 16.5. The van der Waals surface area contributed by atoms with Crippen molar-refractivity contribution in [3.8, 4) is 5.75 Å². The van der Waals surface area contributed by atoms with Crippen molar-refractivity contribution in [2.45, 2.75) is 39.2 Å². The molecule has 4 nitrogen and oxygen atoms in total. The number of carbonyl (C=O) groups excluding carboxylic acids is 1. The third kappa shape index (κ3) is 5.30. The second-order valence-corrected chi connectivity index (χ2v) is 4.84. The molecule has 0 saturated heterocycles. The maximum absolute atomic E-state index is 10.6. The molecule has 0 spiro atoms. The van der Waals surface area contributed by atoms with E-state index in [2.05, 4.69) is 24.4 Å². The van der Waals surface area contributed by atoms with Crippen LogP contribution in [0, 0.1) is 6.92 Å². The lowest BCUT2D eigenvalue weighted by atomic mass is 10.0. The Hall–Kier alpha value is -1.55. The molecule has 0 aliphatic carbocycles. The highest BCUT2D eigenvalue weighted by molar-refractivity contribution is 5.73. The summed E-state index contributed by atoms with van der Waals surface area (Å²) in [5, 5.41) is 3.43. The van der Waals surface area contributed by atoms with Crippen LogP contribution in [-0.2, 0) is 4.79 Å². The van der Waals surface area contributed by atoms with E-state index in [1.807, 2.05) is 13.0 Å². The number of hydrogen-bond acceptors (Lipinski definition) is 3. The van der Waals surface area contributed by atoms with Crippen LogP contribution in [0.4, 0.5) is 0 Å². The monoisotopic (exact) mass is 264 g/mol. The summed E-state index contributed by atoms with van der Waals surface area (Å²) in [6.07, 6.45) is 2.24. The molecule has 106 valence electrons. The SMILES string of the molecule is COc1cc(C)ccc1C(C)NCCCCC(N)=O. The van der Waals surface area contributed by atoms with Crippen molar-refractivity contribution >= 4 is 5.91 Å². The largest absolute Gasteiger partial charge is 0.496 e. The maximum atomic E-state index is 10.6. The van der Waals surface area contributed by atoms with E-state index in [4.69, 9.17) is 10.5 Å². The molecular weight excluding hydrogens is 240 g/mol.